The van der Waals surface area contributed by atoms with Crippen LogP contribution in [0.5, 0.6) is 0 Å². The highest BCUT2D eigenvalue weighted by molar-refractivity contribution is 5.84. The van der Waals surface area contributed by atoms with E-state index in [1.165, 1.54) is 12.1 Å². The van der Waals surface area contributed by atoms with E-state index in [1.807, 2.05) is 18.7 Å². The second-order valence-corrected chi connectivity index (χ2v) is 5.31. The van der Waals surface area contributed by atoms with Crippen LogP contribution in [-0.2, 0) is 4.79 Å². The highest BCUT2D eigenvalue weighted by Gasteiger charge is 2.29. The molecule has 0 bridgehead atoms. The molecule has 1 amide bonds. The highest BCUT2D eigenvalue weighted by atomic mass is 19.1. The van der Waals surface area contributed by atoms with E-state index in [9.17, 15) is 9.18 Å². The summed E-state index contributed by atoms with van der Waals surface area (Å²) in [7, 11) is 0. The van der Waals surface area contributed by atoms with Gasteiger partial charge in [0.1, 0.15) is 5.82 Å². The molecule has 1 unspecified atom stereocenters. The third kappa shape index (κ3) is 2.71. The lowest BCUT2D eigenvalue weighted by atomic mass is 9.87. The first-order valence-electron chi connectivity index (χ1n) is 6.64. The van der Waals surface area contributed by atoms with E-state index in [0.29, 0.717) is 0 Å². The fourth-order valence-electron chi connectivity index (χ4n) is 2.62. The number of carbonyl (C=O) groups excluding carboxylic acids is 1. The molecule has 1 saturated heterocycles. The molecule has 18 heavy (non-hydrogen) atoms. The second kappa shape index (κ2) is 5.51. The van der Waals surface area contributed by atoms with E-state index in [1.54, 1.807) is 12.1 Å². The van der Waals surface area contributed by atoms with Gasteiger partial charge in [-0.3, -0.25) is 4.79 Å². The summed E-state index contributed by atoms with van der Waals surface area (Å²) >= 11 is 0. The van der Waals surface area contributed by atoms with Crippen LogP contribution in [-0.4, -0.2) is 23.9 Å². The number of carbonyl (C=O) groups is 1. The second-order valence-electron chi connectivity index (χ2n) is 5.31. The molecule has 1 aromatic carbocycles. The van der Waals surface area contributed by atoms with Gasteiger partial charge in [-0.2, -0.15) is 0 Å². The molecular formula is C15H20FNO. The fraction of sp³-hybridized carbons (Fsp3) is 0.533. The zero-order chi connectivity index (χ0) is 13.1. The van der Waals surface area contributed by atoms with E-state index >= 15 is 0 Å². The van der Waals surface area contributed by atoms with Crippen molar-refractivity contribution < 1.29 is 9.18 Å². The van der Waals surface area contributed by atoms with Gasteiger partial charge in [0.15, 0.2) is 0 Å². The average molecular weight is 249 g/mol. The first-order chi connectivity index (χ1) is 8.59. The summed E-state index contributed by atoms with van der Waals surface area (Å²) in [6, 6.07) is 6.33. The lowest BCUT2D eigenvalue weighted by Gasteiger charge is -2.26. The summed E-state index contributed by atoms with van der Waals surface area (Å²) in [5.41, 5.74) is 0.920. The molecule has 98 valence electrons. The van der Waals surface area contributed by atoms with E-state index < -0.39 is 0 Å². The molecule has 1 atom stereocenters. The molecule has 1 aliphatic heterocycles. The Hall–Kier alpha value is -1.38. The number of hydrogen-bond donors (Lipinski definition) is 0. The summed E-state index contributed by atoms with van der Waals surface area (Å²) in [5, 5.41) is 0. The Balaban J connectivity index is 2.22. The summed E-state index contributed by atoms with van der Waals surface area (Å²) in [6.07, 6.45) is 2.19. The number of nitrogens with zero attached hydrogens (tertiary/aromatic N) is 1. The smallest absolute Gasteiger partial charge is 0.230 e. The normalized spacial score (nSPS) is 17.2. The molecule has 2 rings (SSSR count). The maximum absolute atomic E-state index is 13.0. The molecule has 1 aliphatic rings. The minimum Gasteiger partial charge on any atom is -0.342 e. The molecule has 2 nitrogen and oxygen atoms in total. The van der Waals surface area contributed by atoms with E-state index in [4.69, 9.17) is 0 Å². The molecule has 0 aromatic heterocycles. The monoisotopic (exact) mass is 249 g/mol. The number of hydrogen-bond acceptors (Lipinski definition) is 1. The average Bonchev–Trinajstić information content (AvgIpc) is 2.85. The van der Waals surface area contributed by atoms with Gasteiger partial charge in [-0.25, -0.2) is 4.39 Å². The predicted octanol–water partition coefficient (Wildman–Crippen LogP) is 3.19. The van der Waals surface area contributed by atoms with Crippen molar-refractivity contribution in [1.29, 1.82) is 0 Å². The minimum atomic E-state index is -0.255. The van der Waals surface area contributed by atoms with Crippen molar-refractivity contribution in [1.82, 2.24) is 4.90 Å². The Morgan fingerprint density at radius 3 is 2.22 bits per heavy atom. The highest BCUT2D eigenvalue weighted by Crippen LogP contribution is 2.28. The SMILES string of the molecule is CC(C)C(C(=O)N1CCCC1)c1ccc(F)cc1. The molecule has 0 aliphatic carbocycles. The maximum Gasteiger partial charge on any atom is 0.230 e. The molecule has 0 saturated carbocycles. The van der Waals surface area contributed by atoms with Gasteiger partial charge in [-0.15, -0.1) is 0 Å². The number of likely N-dealkylation sites (tertiary alicyclic amines) is 1. The van der Waals surface area contributed by atoms with Crippen LogP contribution in [0.3, 0.4) is 0 Å². The van der Waals surface area contributed by atoms with Gasteiger partial charge in [0.05, 0.1) is 5.92 Å². The van der Waals surface area contributed by atoms with Crippen molar-refractivity contribution >= 4 is 5.91 Å². The third-order valence-corrected chi connectivity index (χ3v) is 3.58. The standard InChI is InChI=1S/C15H20FNO/c1-11(2)14(12-5-7-13(16)8-6-12)15(18)17-9-3-4-10-17/h5-8,11,14H,3-4,9-10H2,1-2H3. The molecule has 1 heterocycles. The lowest BCUT2D eigenvalue weighted by Crippen LogP contribution is -2.34. The zero-order valence-corrected chi connectivity index (χ0v) is 11.0. The van der Waals surface area contributed by atoms with E-state index in [2.05, 4.69) is 0 Å². The largest absolute Gasteiger partial charge is 0.342 e. The Morgan fingerprint density at radius 1 is 1.17 bits per heavy atom. The van der Waals surface area contributed by atoms with E-state index in [-0.39, 0.29) is 23.6 Å². The van der Waals surface area contributed by atoms with Crippen LogP contribution in [0.1, 0.15) is 38.2 Å². The molecular weight excluding hydrogens is 229 g/mol. The summed E-state index contributed by atoms with van der Waals surface area (Å²) in [4.78, 5) is 14.4. The predicted molar refractivity (Wildman–Crippen MR) is 69.8 cm³/mol. The topological polar surface area (TPSA) is 20.3 Å². The molecule has 0 spiro atoms. The van der Waals surface area contributed by atoms with Crippen LogP contribution in [0.15, 0.2) is 24.3 Å². The summed E-state index contributed by atoms with van der Waals surface area (Å²) in [5.74, 6) is 0.0104. The van der Waals surface area contributed by atoms with Gasteiger partial charge in [0.25, 0.3) is 0 Å². The fourth-order valence-corrected chi connectivity index (χ4v) is 2.62. The Labute approximate surface area is 108 Å². The molecule has 0 radical (unpaired) electrons. The van der Waals surface area contributed by atoms with Gasteiger partial charge in [0.2, 0.25) is 5.91 Å². The van der Waals surface area contributed by atoms with Crippen molar-refractivity contribution in [2.24, 2.45) is 5.92 Å². The quantitative estimate of drug-likeness (QED) is 0.805. The molecule has 0 N–H and O–H groups in total. The summed E-state index contributed by atoms with van der Waals surface area (Å²) in [6.45, 7) is 5.82. The van der Waals surface area contributed by atoms with Crippen LogP contribution in [0.25, 0.3) is 0 Å². The lowest BCUT2D eigenvalue weighted by molar-refractivity contribution is -0.132. The Kier molecular flexibility index (Phi) is 4.00. The number of rotatable bonds is 3. The number of amides is 1. The first-order valence-corrected chi connectivity index (χ1v) is 6.64. The molecule has 1 aromatic rings. The van der Waals surface area contributed by atoms with Crippen LogP contribution in [0.2, 0.25) is 0 Å². The van der Waals surface area contributed by atoms with Crippen LogP contribution < -0.4 is 0 Å². The van der Waals surface area contributed by atoms with Gasteiger partial charge >= 0.3 is 0 Å². The molecule has 1 fully saturated rings. The van der Waals surface area contributed by atoms with Crippen molar-refractivity contribution in [3.63, 3.8) is 0 Å². The van der Waals surface area contributed by atoms with Crippen LogP contribution in [0, 0.1) is 11.7 Å². The van der Waals surface area contributed by atoms with Gasteiger partial charge in [-0.1, -0.05) is 26.0 Å². The van der Waals surface area contributed by atoms with Crippen LogP contribution in [0.4, 0.5) is 4.39 Å². The maximum atomic E-state index is 13.0. The van der Waals surface area contributed by atoms with Crippen molar-refractivity contribution in [3.05, 3.63) is 35.6 Å². The van der Waals surface area contributed by atoms with Gasteiger partial charge in [0, 0.05) is 13.1 Å². The van der Waals surface area contributed by atoms with Crippen LogP contribution >= 0.6 is 0 Å². The van der Waals surface area contributed by atoms with Crippen molar-refractivity contribution in [2.75, 3.05) is 13.1 Å². The molecule has 3 heteroatoms. The minimum absolute atomic E-state index is 0.149. The Morgan fingerprint density at radius 2 is 1.72 bits per heavy atom. The number of benzene rings is 1. The Bertz CT molecular complexity index is 407. The van der Waals surface area contributed by atoms with Gasteiger partial charge < -0.3 is 4.90 Å². The van der Waals surface area contributed by atoms with Gasteiger partial charge in [-0.05, 0) is 36.5 Å². The zero-order valence-electron chi connectivity index (χ0n) is 11.0. The summed E-state index contributed by atoms with van der Waals surface area (Å²) < 4.78 is 13.0. The van der Waals surface area contributed by atoms with Crippen molar-refractivity contribution in [2.45, 2.75) is 32.6 Å². The first kappa shape index (κ1) is 13.1. The van der Waals surface area contributed by atoms with E-state index in [0.717, 1.165) is 31.5 Å². The van der Waals surface area contributed by atoms with Crippen molar-refractivity contribution in [3.8, 4) is 0 Å². The third-order valence-electron chi connectivity index (χ3n) is 3.58. The number of halogens is 1.